The van der Waals surface area contributed by atoms with Crippen molar-refractivity contribution in [2.45, 2.75) is 31.8 Å². The maximum Gasteiger partial charge on any atom is 0.322 e. The van der Waals surface area contributed by atoms with Crippen molar-refractivity contribution in [1.82, 2.24) is 5.32 Å². The zero-order chi connectivity index (χ0) is 19.4. The van der Waals surface area contributed by atoms with E-state index in [2.05, 4.69) is 10.1 Å². The first kappa shape index (κ1) is 18.9. The van der Waals surface area contributed by atoms with Gasteiger partial charge in [-0.25, -0.2) is 4.79 Å². The van der Waals surface area contributed by atoms with Crippen molar-refractivity contribution in [3.8, 4) is 0 Å². The third-order valence-corrected chi connectivity index (χ3v) is 4.88. The normalized spacial score (nSPS) is 17.5. The van der Waals surface area contributed by atoms with Crippen molar-refractivity contribution >= 4 is 17.7 Å². The van der Waals surface area contributed by atoms with E-state index in [1.165, 1.54) is 7.11 Å². The molecule has 0 aliphatic carbocycles. The SMILES string of the molecule is COC(=O)CCc1ccc(N2C(=O)NCC2c2ccc(C(C)N)cc2)cc1. The molecule has 1 aliphatic rings. The summed E-state index contributed by atoms with van der Waals surface area (Å²) in [5.41, 5.74) is 9.90. The number of carbonyl (C=O) groups excluding carboxylic acids is 2. The Hall–Kier alpha value is -2.86. The van der Waals surface area contributed by atoms with Gasteiger partial charge in [0.1, 0.15) is 0 Å². The summed E-state index contributed by atoms with van der Waals surface area (Å²) in [7, 11) is 1.39. The second-order valence-corrected chi connectivity index (χ2v) is 6.77. The smallest absolute Gasteiger partial charge is 0.322 e. The van der Waals surface area contributed by atoms with Gasteiger partial charge in [0.2, 0.25) is 0 Å². The summed E-state index contributed by atoms with van der Waals surface area (Å²) in [6.07, 6.45) is 0.954. The van der Waals surface area contributed by atoms with E-state index in [9.17, 15) is 9.59 Å². The molecule has 1 heterocycles. The lowest BCUT2D eigenvalue weighted by Gasteiger charge is -2.24. The fourth-order valence-corrected chi connectivity index (χ4v) is 3.26. The van der Waals surface area contributed by atoms with Crippen LogP contribution in [0.2, 0.25) is 0 Å². The third-order valence-electron chi connectivity index (χ3n) is 4.88. The molecule has 2 amide bonds. The highest BCUT2D eigenvalue weighted by Gasteiger charge is 2.33. The standard InChI is InChI=1S/C21H25N3O3/c1-14(22)16-6-8-17(9-7-16)19-13-23-21(26)24(19)18-10-3-15(4-11-18)5-12-20(25)27-2/h3-4,6-11,14,19H,5,12-13,22H2,1-2H3,(H,23,26). The molecular weight excluding hydrogens is 342 g/mol. The first-order valence-corrected chi connectivity index (χ1v) is 9.08. The van der Waals surface area contributed by atoms with E-state index in [4.69, 9.17) is 5.73 Å². The molecule has 2 aromatic carbocycles. The Morgan fingerprint density at radius 1 is 1.22 bits per heavy atom. The molecule has 1 aliphatic heterocycles. The number of hydrogen-bond donors (Lipinski definition) is 2. The van der Waals surface area contributed by atoms with Crippen LogP contribution in [-0.4, -0.2) is 25.7 Å². The van der Waals surface area contributed by atoms with E-state index in [-0.39, 0.29) is 24.1 Å². The number of urea groups is 1. The minimum absolute atomic E-state index is 0.0176. The van der Waals surface area contributed by atoms with Crippen molar-refractivity contribution in [3.63, 3.8) is 0 Å². The highest BCUT2D eigenvalue weighted by atomic mass is 16.5. The molecule has 2 aromatic rings. The first-order chi connectivity index (χ1) is 13.0. The van der Waals surface area contributed by atoms with Crippen LogP contribution in [-0.2, 0) is 16.0 Å². The number of esters is 1. The highest BCUT2D eigenvalue weighted by Crippen LogP contribution is 2.31. The molecule has 0 saturated carbocycles. The van der Waals surface area contributed by atoms with Crippen molar-refractivity contribution in [2.75, 3.05) is 18.6 Å². The van der Waals surface area contributed by atoms with E-state index in [1.807, 2.05) is 55.5 Å². The predicted molar refractivity (Wildman–Crippen MR) is 104 cm³/mol. The maximum atomic E-state index is 12.4. The number of benzene rings is 2. The number of amides is 2. The number of aryl methyl sites for hydroxylation is 1. The molecule has 3 N–H and O–H groups in total. The van der Waals surface area contributed by atoms with Crippen LogP contribution in [0.15, 0.2) is 48.5 Å². The fraction of sp³-hybridized carbons (Fsp3) is 0.333. The molecule has 1 saturated heterocycles. The molecule has 142 valence electrons. The van der Waals surface area contributed by atoms with E-state index < -0.39 is 0 Å². The number of anilines is 1. The molecule has 0 bridgehead atoms. The van der Waals surface area contributed by atoms with E-state index in [0.717, 1.165) is 22.4 Å². The number of nitrogens with zero attached hydrogens (tertiary/aromatic N) is 1. The molecule has 1 fully saturated rings. The van der Waals surface area contributed by atoms with Gasteiger partial charge in [-0.1, -0.05) is 36.4 Å². The Labute approximate surface area is 159 Å². The Balaban J connectivity index is 1.77. The third kappa shape index (κ3) is 4.28. The number of methoxy groups -OCH3 is 1. The number of hydrogen-bond acceptors (Lipinski definition) is 4. The molecule has 6 nitrogen and oxygen atoms in total. The number of carbonyl (C=O) groups is 2. The number of nitrogens with two attached hydrogens (primary N) is 1. The van der Waals surface area contributed by atoms with Gasteiger partial charge in [-0.3, -0.25) is 9.69 Å². The maximum absolute atomic E-state index is 12.4. The van der Waals surface area contributed by atoms with Crippen LogP contribution in [0, 0.1) is 0 Å². The molecule has 6 heteroatoms. The second kappa shape index (κ2) is 8.22. The summed E-state index contributed by atoms with van der Waals surface area (Å²) in [6.45, 7) is 2.50. The van der Waals surface area contributed by atoms with E-state index >= 15 is 0 Å². The highest BCUT2D eigenvalue weighted by molar-refractivity contribution is 5.95. The number of nitrogens with one attached hydrogen (secondary N) is 1. The van der Waals surface area contributed by atoms with Gasteiger partial charge in [-0.2, -0.15) is 0 Å². The van der Waals surface area contributed by atoms with Gasteiger partial charge >= 0.3 is 12.0 Å². The van der Waals surface area contributed by atoms with Gasteiger partial charge in [-0.05, 0) is 42.2 Å². The monoisotopic (exact) mass is 367 g/mol. The van der Waals surface area contributed by atoms with Crippen LogP contribution in [0.3, 0.4) is 0 Å². The van der Waals surface area contributed by atoms with E-state index in [1.54, 1.807) is 4.90 Å². The summed E-state index contributed by atoms with van der Waals surface area (Å²) in [4.78, 5) is 25.5. The van der Waals surface area contributed by atoms with Gasteiger partial charge in [0.25, 0.3) is 0 Å². The average Bonchev–Trinajstić information content (AvgIpc) is 3.08. The zero-order valence-corrected chi connectivity index (χ0v) is 15.6. The van der Waals surface area contributed by atoms with Crippen molar-refractivity contribution in [2.24, 2.45) is 5.73 Å². The summed E-state index contributed by atoms with van der Waals surface area (Å²) in [5, 5.41) is 2.92. The van der Waals surface area contributed by atoms with Gasteiger partial charge in [-0.15, -0.1) is 0 Å². The lowest BCUT2D eigenvalue weighted by molar-refractivity contribution is -0.140. The quantitative estimate of drug-likeness (QED) is 0.769. The Morgan fingerprint density at radius 2 is 1.89 bits per heavy atom. The first-order valence-electron chi connectivity index (χ1n) is 9.08. The summed E-state index contributed by atoms with van der Waals surface area (Å²) < 4.78 is 4.67. The van der Waals surface area contributed by atoms with Crippen molar-refractivity contribution in [3.05, 3.63) is 65.2 Å². The second-order valence-electron chi connectivity index (χ2n) is 6.77. The number of rotatable bonds is 6. The predicted octanol–water partition coefficient (Wildman–Crippen LogP) is 3.08. The molecule has 3 rings (SSSR count). The number of ether oxygens (including phenoxy) is 1. The van der Waals surface area contributed by atoms with Crippen LogP contribution in [0.5, 0.6) is 0 Å². The van der Waals surface area contributed by atoms with Crippen LogP contribution < -0.4 is 16.0 Å². The lowest BCUT2D eigenvalue weighted by atomic mass is 10.0. The minimum Gasteiger partial charge on any atom is -0.469 e. The minimum atomic E-state index is -0.228. The molecule has 0 radical (unpaired) electrons. The van der Waals surface area contributed by atoms with Crippen molar-refractivity contribution < 1.29 is 14.3 Å². The van der Waals surface area contributed by atoms with Crippen LogP contribution >= 0.6 is 0 Å². The molecule has 27 heavy (non-hydrogen) atoms. The van der Waals surface area contributed by atoms with Crippen molar-refractivity contribution in [1.29, 1.82) is 0 Å². The Bertz CT molecular complexity index is 800. The van der Waals surface area contributed by atoms with Gasteiger partial charge in [0.05, 0.1) is 13.2 Å². The average molecular weight is 367 g/mol. The topological polar surface area (TPSA) is 84.7 Å². The summed E-state index contributed by atoms with van der Waals surface area (Å²) in [6, 6.07) is 15.6. The summed E-state index contributed by atoms with van der Waals surface area (Å²) in [5.74, 6) is -0.228. The van der Waals surface area contributed by atoms with Crippen LogP contribution in [0.25, 0.3) is 0 Å². The lowest BCUT2D eigenvalue weighted by Crippen LogP contribution is -2.29. The van der Waals surface area contributed by atoms with Crippen LogP contribution in [0.4, 0.5) is 10.5 Å². The Morgan fingerprint density at radius 3 is 2.48 bits per heavy atom. The zero-order valence-electron chi connectivity index (χ0n) is 15.6. The largest absolute Gasteiger partial charge is 0.469 e. The Kier molecular flexibility index (Phi) is 5.76. The molecule has 0 spiro atoms. The van der Waals surface area contributed by atoms with Crippen LogP contribution in [0.1, 0.15) is 42.1 Å². The van der Waals surface area contributed by atoms with E-state index in [0.29, 0.717) is 19.4 Å². The van der Waals surface area contributed by atoms with Gasteiger partial charge < -0.3 is 15.8 Å². The summed E-state index contributed by atoms with van der Waals surface area (Å²) >= 11 is 0. The molecule has 0 aromatic heterocycles. The molecule has 2 atom stereocenters. The van der Waals surface area contributed by atoms with Gasteiger partial charge in [0.15, 0.2) is 0 Å². The van der Waals surface area contributed by atoms with Gasteiger partial charge in [0, 0.05) is 24.7 Å². The fourth-order valence-electron chi connectivity index (χ4n) is 3.26. The molecular formula is C21H25N3O3. The molecule has 2 unspecified atom stereocenters.